The number of hydrogen-bond donors (Lipinski definition) is 0. The number of hydrogen-bond acceptors (Lipinski definition) is 4. The second kappa shape index (κ2) is 14.0. The van der Waals surface area contributed by atoms with E-state index >= 15 is 0 Å². The summed E-state index contributed by atoms with van der Waals surface area (Å²) >= 11 is 0. The van der Waals surface area contributed by atoms with Gasteiger partial charge in [-0.25, -0.2) is 0 Å². The lowest BCUT2D eigenvalue weighted by molar-refractivity contribution is 0.226. The molecule has 16 rings (SSSR count). The third-order valence-corrected chi connectivity index (χ3v) is 18.4. The molecule has 9 aromatic carbocycles. The Morgan fingerprint density at radius 2 is 1.10 bits per heavy atom. The van der Waals surface area contributed by atoms with E-state index in [1.807, 2.05) is 0 Å². The number of anilines is 3. The average molecular weight is 946 g/mol. The van der Waals surface area contributed by atoms with Gasteiger partial charge in [0.05, 0.1) is 0 Å². The van der Waals surface area contributed by atoms with E-state index < -0.39 is 0 Å². The molecular weight excluding hydrogens is 891 g/mol. The first-order chi connectivity index (χ1) is 35.4. The Morgan fingerprint density at radius 1 is 0.466 bits per heavy atom. The van der Waals surface area contributed by atoms with Gasteiger partial charge in [-0.1, -0.05) is 144 Å². The zero-order valence-electron chi connectivity index (χ0n) is 42.5. The van der Waals surface area contributed by atoms with E-state index in [2.05, 4.69) is 211 Å². The molecule has 0 N–H and O–H groups in total. The van der Waals surface area contributed by atoms with E-state index in [1.54, 1.807) is 0 Å². The summed E-state index contributed by atoms with van der Waals surface area (Å²) in [5.74, 6) is 1.51. The summed E-state index contributed by atoms with van der Waals surface area (Å²) in [6.45, 7) is 16.8. The molecule has 0 radical (unpaired) electrons. The van der Waals surface area contributed by atoms with Crippen LogP contribution in [0.15, 0.2) is 167 Å². The Balaban J connectivity index is 0.918. The summed E-state index contributed by atoms with van der Waals surface area (Å²) in [4.78, 5) is 2.48. The van der Waals surface area contributed by atoms with Crippen LogP contribution >= 0.6 is 0 Å². The number of fused-ring (bicyclic) bond motifs is 22. The highest BCUT2D eigenvalue weighted by molar-refractivity contribution is 6.21. The maximum Gasteiger partial charge on any atom is 0.144 e. The third-order valence-electron chi connectivity index (χ3n) is 18.4. The first-order valence-corrected chi connectivity index (χ1v) is 26.5. The first-order valence-electron chi connectivity index (χ1n) is 26.5. The Morgan fingerprint density at radius 3 is 1.89 bits per heavy atom. The zero-order chi connectivity index (χ0) is 49.0. The van der Waals surface area contributed by atoms with Crippen LogP contribution in [0.25, 0.3) is 88.4 Å². The molecular formula is C69H55NO3. The van der Waals surface area contributed by atoms with E-state index in [0.717, 1.165) is 62.3 Å². The predicted octanol–water partition coefficient (Wildman–Crippen LogP) is 18.9. The van der Waals surface area contributed by atoms with Crippen molar-refractivity contribution < 1.29 is 13.6 Å². The van der Waals surface area contributed by atoms with Crippen molar-refractivity contribution in [1.29, 1.82) is 0 Å². The van der Waals surface area contributed by atoms with Gasteiger partial charge >= 0.3 is 0 Å². The number of benzene rings is 9. The Hall–Kier alpha value is -7.82. The minimum absolute atomic E-state index is 0.223. The molecule has 3 heterocycles. The van der Waals surface area contributed by atoms with Crippen molar-refractivity contribution in [2.24, 2.45) is 0 Å². The van der Waals surface area contributed by atoms with Crippen molar-refractivity contribution in [1.82, 2.24) is 0 Å². The largest absolute Gasteiger partial charge is 0.489 e. The smallest absolute Gasteiger partial charge is 0.144 e. The van der Waals surface area contributed by atoms with Crippen LogP contribution in [-0.2, 0) is 16.2 Å². The molecule has 0 saturated heterocycles. The zero-order valence-corrected chi connectivity index (χ0v) is 42.5. The van der Waals surface area contributed by atoms with Gasteiger partial charge in [-0.3, -0.25) is 0 Å². The van der Waals surface area contributed by atoms with Gasteiger partial charge in [0.15, 0.2) is 0 Å². The van der Waals surface area contributed by atoms with Crippen LogP contribution in [0.3, 0.4) is 0 Å². The molecule has 2 atom stereocenters. The van der Waals surface area contributed by atoms with E-state index in [-0.39, 0.29) is 22.3 Å². The molecule has 354 valence electrons. The van der Waals surface area contributed by atoms with E-state index in [4.69, 9.17) is 13.6 Å². The summed E-state index contributed by atoms with van der Waals surface area (Å²) in [5, 5.41) is 4.65. The minimum Gasteiger partial charge on any atom is -0.489 e. The molecule has 0 spiro atoms. The fraction of sp³-hybridized carbons (Fsp3) is 0.217. The summed E-state index contributed by atoms with van der Waals surface area (Å²) in [7, 11) is 0. The molecule has 4 nitrogen and oxygen atoms in total. The van der Waals surface area contributed by atoms with Crippen LogP contribution in [0, 0.1) is 6.92 Å². The second-order valence-corrected chi connectivity index (χ2v) is 23.4. The molecule has 4 heteroatoms. The van der Waals surface area contributed by atoms with Crippen LogP contribution in [0.5, 0.6) is 5.75 Å². The molecule has 0 bridgehead atoms. The summed E-state index contributed by atoms with van der Waals surface area (Å²) in [6.07, 6.45) is 3.72. The first kappa shape index (κ1) is 41.8. The molecule has 2 unspecified atom stereocenters. The van der Waals surface area contributed by atoms with E-state index in [1.165, 1.54) is 113 Å². The van der Waals surface area contributed by atoms with Gasteiger partial charge in [-0.05, 0) is 148 Å². The highest BCUT2D eigenvalue weighted by atomic mass is 16.5. The molecule has 1 aliphatic heterocycles. The fourth-order valence-corrected chi connectivity index (χ4v) is 15.0. The maximum absolute atomic E-state index is 7.08. The van der Waals surface area contributed by atoms with Gasteiger partial charge in [-0.15, -0.1) is 0 Å². The molecule has 5 aliphatic rings. The molecule has 11 aromatic rings. The molecule has 1 saturated carbocycles. The monoisotopic (exact) mass is 945 g/mol. The SMILES string of the molecule is Cc1cccc(-c2cc3c(c4c2OC2CCCC42)-c2ccc(N(c4ccc5c(c4)C(C)(C)c4c6c(c7c(oc8ccccc87)c4-5)-c4ccccc4C6(C)C)c4ccc5c(c4)oc4ccccc45)cc2C3(C)C)c1. The lowest BCUT2D eigenvalue weighted by Crippen LogP contribution is -2.24. The van der Waals surface area contributed by atoms with Crippen LogP contribution in [-0.4, -0.2) is 6.10 Å². The highest BCUT2D eigenvalue weighted by Crippen LogP contribution is 2.65. The Kier molecular flexibility index (Phi) is 8.02. The molecule has 2 aromatic heterocycles. The number of furan rings is 2. The van der Waals surface area contributed by atoms with E-state index in [0.29, 0.717) is 5.92 Å². The molecule has 73 heavy (non-hydrogen) atoms. The van der Waals surface area contributed by atoms with Crippen LogP contribution in [0.2, 0.25) is 0 Å². The number of nitrogens with zero attached hydrogens (tertiary/aromatic N) is 1. The van der Waals surface area contributed by atoms with Crippen molar-refractivity contribution >= 4 is 60.9 Å². The minimum atomic E-state index is -0.358. The molecule has 4 aliphatic carbocycles. The summed E-state index contributed by atoms with van der Waals surface area (Å²) < 4.78 is 20.8. The van der Waals surface area contributed by atoms with Crippen LogP contribution in [0.4, 0.5) is 17.1 Å². The molecule has 0 amide bonds. The number of aryl methyl sites for hydroxylation is 1. The van der Waals surface area contributed by atoms with Crippen molar-refractivity contribution in [3.63, 3.8) is 0 Å². The van der Waals surface area contributed by atoms with Gasteiger partial charge in [0, 0.05) is 83.5 Å². The topological polar surface area (TPSA) is 38.8 Å². The highest BCUT2D eigenvalue weighted by Gasteiger charge is 2.50. The van der Waals surface area contributed by atoms with Crippen LogP contribution < -0.4 is 9.64 Å². The normalized spacial score (nSPS) is 18.6. The lowest BCUT2D eigenvalue weighted by atomic mass is 9.72. The summed E-state index contributed by atoms with van der Waals surface area (Å²) in [5.41, 5.74) is 27.3. The predicted molar refractivity (Wildman–Crippen MR) is 300 cm³/mol. The second-order valence-electron chi connectivity index (χ2n) is 23.4. The van der Waals surface area contributed by atoms with Gasteiger partial charge in [0.25, 0.3) is 0 Å². The Labute approximate surface area is 425 Å². The Bertz CT molecular complexity index is 4290. The average Bonchev–Trinajstić information content (AvgIpc) is 4.26. The van der Waals surface area contributed by atoms with Crippen molar-refractivity contribution in [3.05, 3.63) is 202 Å². The van der Waals surface area contributed by atoms with Crippen LogP contribution in [0.1, 0.15) is 111 Å². The van der Waals surface area contributed by atoms with E-state index in [9.17, 15) is 0 Å². The fourth-order valence-electron chi connectivity index (χ4n) is 15.0. The summed E-state index contributed by atoms with van der Waals surface area (Å²) in [6, 6.07) is 58.8. The number of ether oxygens (including phenoxy) is 1. The van der Waals surface area contributed by atoms with Crippen molar-refractivity contribution in [2.45, 2.75) is 96.0 Å². The van der Waals surface area contributed by atoms with Crippen molar-refractivity contribution in [2.75, 3.05) is 4.90 Å². The van der Waals surface area contributed by atoms with Gasteiger partial charge in [-0.2, -0.15) is 0 Å². The van der Waals surface area contributed by atoms with Gasteiger partial charge in [0.1, 0.15) is 34.2 Å². The maximum atomic E-state index is 7.08. The molecule has 1 fully saturated rings. The third kappa shape index (κ3) is 5.31. The standard InChI is InChI=1S/C69H55NO3/c1-37-16-14-17-38(32-37)49-36-53-58(60-48-21-15-25-56(48)72-65(49)60)45-30-27-39(33-51(45)67(53,2)3)70(41-26-29-43-42-18-9-12-23-54(42)71-57(43)35-41)40-28-31-46-52(34-40)69(6,7)64-62(46)66-61(47-20-10-13-24-55(47)73-66)59-44-19-8-11-22-50(44)68(4,5)63(59)64/h8-14,16-20,22-24,26-36,48,56H,15,21,25H2,1-7H3. The lowest BCUT2D eigenvalue weighted by Gasteiger charge is -2.32. The van der Waals surface area contributed by atoms with Gasteiger partial charge < -0.3 is 18.5 Å². The van der Waals surface area contributed by atoms with Crippen molar-refractivity contribution in [3.8, 4) is 50.3 Å². The quantitative estimate of drug-likeness (QED) is 0.176. The van der Waals surface area contributed by atoms with Gasteiger partial charge in [0.2, 0.25) is 0 Å². The number of para-hydroxylation sites is 2. The number of rotatable bonds is 4.